The number of rotatable bonds is 5. The molecule has 0 spiro atoms. The summed E-state index contributed by atoms with van der Waals surface area (Å²) in [6.07, 6.45) is -3.96. The van der Waals surface area contributed by atoms with Crippen molar-refractivity contribution in [3.8, 4) is 0 Å². The lowest BCUT2D eigenvalue weighted by atomic mass is 10.1. The Balaban J connectivity index is 3.01. The van der Waals surface area contributed by atoms with Gasteiger partial charge in [0.05, 0.1) is 5.56 Å². The summed E-state index contributed by atoms with van der Waals surface area (Å²) in [5, 5.41) is 15.8. The van der Waals surface area contributed by atoms with Crippen LogP contribution < -0.4 is 5.73 Å². The topological polar surface area (TPSA) is 70.1 Å². The zero-order valence-corrected chi connectivity index (χ0v) is 10.2. The van der Waals surface area contributed by atoms with Crippen molar-refractivity contribution in [2.75, 3.05) is 12.4 Å². The third kappa shape index (κ3) is 3.92. The predicted molar refractivity (Wildman–Crippen MR) is 64.9 cm³/mol. The van der Waals surface area contributed by atoms with Crippen molar-refractivity contribution in [3.05, 3.63) is 29.3 Å². The minimum Gasteiger partial charge on any atom is -0.396 e. The SMILES string of the molecule is N=C(N)c1cc(SCCCO)ccc1C(F)(F)F. The largest absolute Gasteiger partial charge is 0.417 e. The highest BCUT2D eigenvalue weighted by Crippen LogP contribution is 2.34. The molecule has 0 amide bonds. The van der Waals surface area contributed by atoms with Crippen LogP contribution in [0.15, 0.2) is 23.1 Å². The Morgan fingerprint density at radius 3 is 2.56 bits per heavy atom. The van der Waals surface area contributed by atoms with E-state index < -0.39 is 17.6 Å². The van der Waals surface area contributed by atoms with Crippen LogP contribution in [0.1, 0.15) is 17.5 Å². The summed E-state index contributed by atoms with van der Waals surface area (Å²) in [4.78, 5) is 0.599. The molecule has 1 rings (SSSR count). The first-order chi connectivity index (χ1) is 8.36. The number of nitrogens with two attached hydrogens (primary N) is 1. The lowest BCUT2D eigenvalue weighted by Gasteiger charge is -2.13. The molecule has 0 bridgehead atoms. The highest BCUT2D eigenvalue weighted by molar-refractivity contribution is 7.99. The summed E-state index contributed by atoms with van der Waals surface area (Å²) in [5.74, 6) is -0.00825. The summed E-state index contributed by atoms with van der Waals surface area (Å²) in [6, 6.07) is 3.53. The summed E-state index contributed by atoms with van der Waals surface area (Å²) in [6.45, 7) is 0.0349. The van der Waals surface area contributed by atoms with E-state index in [0.29, 0.717) is 17.1 Å². The Labute approximate surface area is 107 Å². The van der Waals surface area contributed by atoms with E-state index in [1.807, 2.05) is 0 Å². The third-order valence-electron chi connectivity index (χ3n) is 2.16. The molecule has 3 nitrogen and oxygen atoms in total. The normalized spacial score (nSPS) is 11.6. The first-order valence-electron chi connectivity index (χ1n) is 5.15. The molecule has 0 radical (unpaired) electrons. The number of benzene rings is 1. The molecule has 0 unspecified atom stereocenters. The number of hydrogen-bond acceptors (Lipinski definition) is 3. The van der Waals surface area contributed by atoms with Crippen molar-refractivity contribution in [2.24, 2.45) is 5.73 Å². The van der Waals surface area contributed by atoms with Gasteiger partial charge in [-0.1, -0.05) is 0 Å². The van der Waals surface area contributed by atoms with Gasteiger partial charge in [0.1, 0.15) is 5.84 Å². The number of nitrogen functional groups attached to an aromatic ring is 1. The van der Waals surface area contributed by atoms with Crippen LogP contribution in [0.25, 0.3) is 0 Å². The van der Waals surface area contributed by atoms with E-state index >= 15 is 0 Å². The van der Waals surface area contributed by atoms with Crippen molar-refractivity contribution >= 4 is 17.6 Å². The summed E-state index contributed by atoms with van der Waals surface area (Å²) in [7, 11) is 0. The van der Waals surface area contributed by atoms with Crippen LogP contribution >= 0.6 is 11.8 Å². The van der Waals surface area contributed by atoms with Gasteiger partial charge in [-0.3, -0.25) is 5.41 Å². The smallest absolute Gasteiger partial charge is 0.396 e. The highest BCUT2D eigenvalue weighted by Gasteiger charge is 2.34. The molecule has 1 aromatic carbocycles. The van der Waals surface area contributed by atoms with Crippen LogP contribution in [0, 0.1) is 5.41 Å². The van der Waals surface area contributed by atoms with E-state index in [1.165, 1.54) is 23.9 Å². The highest BCUT2D eigenvalue weighted by atomic mass is 32.2. The van der Waals surface area contributed by atoms with Gasteiger partial charge in [-0.15, -0.1) is 11.8 Å². The van der Waals surface area contributed by atoms with Gasteiger partial charge in [-0.25, -0.2) is 0 Å². The molecule has 0 aromatic heterocycles. The lowest BCUT2D eigenvalue weighted by molar-refractivity contribution is -0.137. The second-order valence-corrected chi connectivity index (χ2v) is 4.71. The van der Waals surface area contributed by atoms with E-state index in [9.17, 15) is 13.2 Å². The van der Waals surface area contributed by atoms with Crippen LogP contribution in [0.2, 0.25) is 0 Å². The second kappa shape index (κ2) is 6.10. The molecule has 0 saturated heterocycles. The van der Waals surface area contributed by atoms with Crippen LogP contribution in [0.5, 0.6) is 0 Å². The van der Waals surface area contributed by atoms with Crippen molar-refractivity contribution in [2.45, 2.75) is 17.5 Å². The van der Waals surface area contributed by atoms with Crippen molar-refractivity contribution in [1.29, 1.82) is 5.41 Å². The second-order valence-electron chi connectivity index (χ2n) is 3.54. The molecule has 0 fully saturated rings. The number of alkyl halides is 3. The van der Waals surface area contributed by atoms with Crippen LogP contribution in [0.4, 0.5) is 13.2 Å². The number of amidine groups is 1. The molecule has 0 aliphatic heterocycles. The van der Waals surface area contributed by atoms with Crippen LogP contribution in [-0.2, 0) is 6.18 Å². The van der Waals surface area contributed by atoms with E-state index in [4.69, 9.17) is 16.2 Å². The molecular weight excluding hydrogens is 265 g/mol. The van der Waals surface area contributed by atoms with Gasteiger partial charge in [-0.2, -0.15) is 13.2 Å². The predicted octanol–water partition coefficient (Wildman–Crippen LogP) is 2.46. The molecule has 18 heavy (non-hydrogen) atoms. The molecule has 0 aliphatic rings. The Bertz CT molecular complexity index is 435. The van der Waals surface area contributed by atoms with Gasteiger partial charge >= 0.3 is 6.18 Å². The quantitative estimate of drug-likeness (QED) is 0.335. The number of thioether (sulfide) groups is 1. The van der Waals surface area contributed by atoms with Gasteiger partial charge in [0, 0.05) is 22.8 Å². The molecule has 1 aromatic rings. The monoisotopic (exact) mass is 278 g/mol. The number of halogens is 3. The number of nitrogens with one attached hydrogen (secondary N) is 1. The minimum atomic E-state index is -4.52. The van der Waals surface area contributed by atoms with Gasteiger partial charge in [0.15, 0.2) is 0 Å². The fourth-order valence-electron chi connectivity index (χ4n) is 1.34. The maximum Gasteiger partial charge on any atom is 0.417 e. The Morgan fingerprint density at radius 1 is 1.39 bits per heavy atom. The number of hydrogen-bond donors (Lipinski definition) is 3. The van der Waals surface area contributed by atoms with E-state index in [0.717, 1.165) is 6.07 Å². The molecule has 100 valence electrons. The molecule has 0 atom stereocenters. The average Bonchev–Trinajstić information content (AvgIpc) is 2.27. The summed E-state index contributed by atoms with van der Waals surface area (Å²) in [5.41, 5.74) is 3.96. The maximum atomic E-state index is 12.7. The van der Waals surface area contributed by atoms with Crippen LogP contribution in [0.3, 0.4) is 0 Å². The first kappa shape index (κ1) is 14.8. The molecule has 7 heteroatoms. The van der Waals surface area contributed by atoms with Gasteiger partial charge in [0.2, 0.25) is 0 Å². The summed E-state index contributed by atoms with van der Waals surface area (Å²) >= 11 is 1.32. The van der Waals surface area contributed by atoms with E-state index in [1.54, 1.807) is 0 Å². The van der Waals surface area contributed by atoms with E-state index in [-0.39, 0.29) is 12.2 Å². The van der Waals surface area contributed by atoms with Crippen molar-refractivity contribution < 1.29 is 18.3 Å². The molecule has 4 N–H and O–H groups in total. The third-order valence-corrected chi connectivity index (χ3v) is 3.24. The Kier molecular flexibility index (Phi) is 5.03. The molecule has 0 saturated carbocycles. The van der Waals surface area contributed by atoms with Gasteiger partial charge in [-0.05, 0) is 24.6 Å². The summed E-state index contributed by atoms with van der Waals surface area (Å²) < 4.78 is 38.0. The standard InChI is InChI=1S/C11H13F3N2OS/c12-11(13,14)9-3-2-7(18-5-1-4-17)6-8(9)10(15)16/h2-3,6,17H,1,4-5H2,(H3,15,16). The van der Waals surface area contributed by atoms with Gasteiger partial charge < -0.3 is 10.8 Å². The molecular formula is C11H13F3N2OS. The first-order valence-corrected chi connectivity index (χ1v) is 6.14. The number of aliphatic hydroxyl groups is 1. The lowest BCUT2D eigenvalue weighted by Crippen LogP contribution is -2.18. The number of aliphatic hydroxyl groups excluding tert-OH is 1. The Morgan fingerprint density at radius 2 is 2.06 bits per heavy atom. The Hall–Kier alpha value is -1.21. The molecule has 0 aliphatic carbocycles. The van der Waals surface area contributed by atoms with Crippen molar-refractivity contribution in [1.82, 2.24) is 0 Å². The van der Waals surface area contributed by atoms with E-state index in [2.05, 4.69) is 0 Å². The average molecular weight is 278 g/mol. The van der Waals surface area contributed by atoms with Crippen LogP contribution in [-0.4, -0.2) is 23.3 Å². The fraction of sp³-hybridized carbons (Fsp3) is 0.364. The zero-order chi connectivity index (χ0) is 13.8. The minimum absolute atomic E-state index is 0.0349. The zero-order valence-electron chi connectivity index (χ0n) is 9.42. The fourth-order valence-corrected chi connectivity index (χ4v) is 2.21. The van der Waals surface area contributed by atoms with Crippen molar-refractivity contribution in [3.63, 3.8) is 0 Å². The van der Waals surface area contributed by atoms with Gasteiger partial charge in [0.25, 0.3) is 0 Å². The molecule has 0 heterocycles. The maximum absolute atomic E-state index is 12.7.